The first-order valence-corrected chi connectivity index (χ1v) is 10.4. The number of hydrogen-bond acceptors (Lipinski definition) is 4. The quantitative estimate of drug-likeness (QED) is 0.413. The summed E-state index contributed by atoms with van der Waals surface area (Å²) in [5, 5.41) is 18.9. The van der Waals surface area contributed by atoms with Crippen LogP contribution in [0.15, 0.2) is 84.0 Å². The molecular weight excluding hydrogens is 376 g/mol. The SMILES string of the molecule is Cc1ccc(-n2c(Cc3ccccc3)nnc2SCc2cccc(C#N)c2)cc1. The van der Waals surface area contributed by atoms with E-state index in [0.717, 1.165) is 28.0 Å². The van der Waals surface area contributed by atoms with E-state index in [1.165, 1.54) is 11.1 Å². The standard InChI is InChI=1S/C24H20N4S/c1-18-10-12-22(13-11-18)28-23(15-19-6-3-2-4-7-19)26-27-24(28)29-17-21-9-5-8-20(14-21)16-25/h2-14H,15,17H2,1H3. The van der Waals surface area contributed by atoms with Gasteiger partial charge in [0.05, 0.1) is 11.6 Å². The molecule has 0 aliphatic heterocycles. The molecule has 1 aromatic heterocycles. The average Bonchev–Trinajstić information content (AvgIpc) is 3.16. The Kier molecular flexibility index (Phi) is 5.73. The van der Waals surface area contributed by atoms with E-state index in [2.05, 4.69) is 64.2 Å². The number of nitriles is 1. The zero-order valence-corrected chi connectivity index (χ0v) is 16.9. The van der Waals surface area contributed by atoms with E-state index in [4.69, 9.17) is 5.26 Å². The minimum Gasteiger partial charge on any atom is -0.274 e. The first-order chi connectivity index (χ1) is 14.2. The van der Waals surface area contributed by atoms with Crippen molar-refractivity contribution in [2.75, 3.05) is 0 Å². The summed E-state index contributed by atoms with van der Waals surface area (Å²) in [6, 6.07) is 28.6. The van der Waals surface area contributed by atoms with Crippen LogP contribution in [-0.4, -0.2) is 14.8 Å². The van der Waals surface area contributed by atoms with E-state index in [0.29, 0.717) is 12.0 Å². The van der Waals surface area contributed by atoms with Crippen molar-refractivity contribution >= 4 is 11.8 Å². The summed E-state index contributed by atoms with van der Waals surface area (Å²) in [4.78, 5) is 0. The third-order valence-electron chi connectivity index (χ3n) is 4.62. The highest BCUT2D eigenvalue weighted by Gasteiger charge is 2.15. The van der Waals surface area contributed by atoms with Crippen molar-refractivity contribution < 1.29 is 0 Å². The number of benzene rings is 3. The molecule has 4 aromatic rings. The second-order valence-electron chi connectivity index (χ2n) is 6.83. The molecule has 0 saturated carbocycles. The summed E-state index contributed by atoms with van der Waals surface area (Å²) in [5.41, 5.74) is 5.24. The molecular formula is C24H20N4S. The van der Waals surface area contributed by atoms with Crippen LogP contribution in [0.1, 0.15) is 28.1 Å². The fraction of sp³-hybridized carbons (Fsp3) is 0.125. The summed E-state index contributed by atoms with van der Waals surface area (Å²) in [5.74, 6) is 1.64. The Morgan fingerprint density at radius 3 is 2.41 bits per heavy atom. The summed E-state index contributed by atoms with van der Waals surface area (Å²) in [6.45, 7) is 2.08. The predicted octanol–water partition coefficient (Wildman–Crippen LogP) is 5.33. The van der Waals surface area contributed by atoms with E-state index in [1.54, 1.807) is 11.8 Å². The van der Waals surface area contributed by atoms with Crippen LogP contribution in [0.4, 0.5) is 0 Å². The van der Waals surface area contributed by atoms with Crippen LogP contribution in [-0.2, 0) is 12.2 Å². The molecule has 0 bridgehead atoms. The topological polar surface area (TPSA) is 54.5 Å². The molecule has 0 unspecified atom stereocenters. The molecule has 0 saturated heterocycles. The number of thioether (sulfide) groups is 1. The summed E-state index contributed by atoms with van der Waals surface area (Å²) in [7, 11) is 0. The lowest BCUT2D eigenvalue weighted by molar-refractivity contribution is 0.847. The van der Waals surface area contributed by atoms with Crippen molar-refractivity contribution in [1.29, 1.82) is 5.26 Å². The third-order valence-corrected chi connectivity index (χ3v) is 5.62. The van der Waals surface area contributed by atoms with Gasteiger partial charge in [-0.25, -0.2) is 0 Å². The first-order valence-electron chi connectivity index (χ1n) is 9.40. The Morgan fingerprint density at radius 2 is 1.66 bits per heavy atom. The molecule has 0 N–H and O–H groups in total. The molecule has 142 valence electrons. The van der Waals surface area contributed by atoms with E-state index < -0.39 is 0 Å². The highest BCUT2D eigenvalue weighted by Crippen LogP contribution is 2.26. The maximum atomic E-state index is 9.12. The van der Waals surface area contributed by atoms with Gasteiger partial charge in [-0.15, -0.1) is 10.2 Å². The highest BCUT2D eigenvalue weighted by molar-refractivity contribution is 7.98. The second-order valence-corrected chi connectivity index (χ2v) is 7.78. The van der Waals surface area contributed by atoms with Gasteiger partial charge in [0.2, 0.25) is 0 Å². The normalized spacial score (nSPS) is 10.6. The molecule has 0 atom stereocenters. The fourth-order valence-electron chi connectivity index (χ4n) is 3.12. The van der Waals surface area contributed by atoms with E-state index >= 15 is 0 Å². The van der Waals surface area contributed by atoms with Crippen molar-refractivity contribution in [3.05, 3.63) is 107 Å². The van der Waals surface area contributed by atoms with Gasteiger partial charge in [0.15, 0.2) is 5.16 Å². The third kappa shape index (κ3) is 4.56. The monoisotopic (exact) mass is 396 g/mol. The predicted molar refractivity (Wildman–Crippen MR) is 116 cm³/mol. The molecule has 1 heterocycles. The molecule has 29 heavy (non-hydrogen) atoms. The van der Waals surface area contributed by atoms with Gasteiger partial charge < -0.3 is 0 Å². The van der Waals surface area contributed by atoms with Crippen LogP contribution in [0, 0.1) is 18.3 Å². The van der Waals surface area contributed by atoms with Gasteiger partial charge in [0, 0.05) is 17.9 Å². The van der Waals surface area contributed by atoms with Crippen LogP contribution >= 0.6 is 11.8 Å². The molecule has 4 rings (SSSR count). The van der Waals surface area contributed by atoms with Crippen LogP contribution in [0.25, 0.3) is 5.69 Å². The Hall–Kier alpha value is -3.36. The maximum absolute atomic E-state index is 9.12. The lowest BCUT2D eigenvalue weighted by Gasteiger charge is -2.11. The van der Waals surface area contributed by atoms with Crippen LogP contribution in [0.5, 0.6) is 0 Å². The largest absolute Gasteiger partial charge is 0.274 e. The molecule has 4 nitrogen and oxygen atoms in total. The minimum absolute atomic E-state index is 0.674. The van der Waals surface area contributed by atoms with Gasteiger partial charge >= 0.3 is 0 Å². The van der Waals surface area contributed by atoms with E-state index in [-0.39, 0.29) is 0 Å². The number of aryl methyl sites for hydroxylation is 1. The molecule has 0 spiro atoms. The number of hydrogen-bond donors (Lipinski definition) is 0. The molecule has 0 amide bonds. The van der Waals surface area contributed by atoms with Crippen LogP contribution in [0.3, 0.4) is 0 Å². The zero-order valence-electron chi connectivity index (χ0n) is 16.1. The van der Waals surface area contributed by atoms with Crippen LogP contribution < -0.4 is 0 Å². The van der Waals surface area contributed by atoms with E-state index in [1.807, 2.05) is 42.5 Å². The Bertz CT molecular complexity index is 1140. The van der Waals surface area contributed by atoms with Gasteiger partial charge in [-0.1, -0.05) is 71.9 Å². The Balaban J connectivity index is 1.65. The molecule has 3 aromatic carbocycles. The lowest BCUT2D eigenvalue weighted by atomic mass is 10.1. The summed E-state index contributed by atoms with van der Waals surface area (Å²) >= 11 is 1.63. The van der Waals surface area contributed by atoms with Crippen molar-refractivity contribution in [2.24, 2.45) is 0 Å². The van der Waals surface area contributed by atoms with Crippen molar-refractivity contribution in [3.63, 3.8) is 0 Å². The second kappa shape index (κ2) is 8.76. The molecule has 0 fully saturated rings. The zero-order chi connectivity index (χ0) is 20.1. The number of nitrogens with zero attached hydrogens (tertiary/aromatic N) is 4. The maximum Gasteiger partial charge on any atom is 0.196 e. The summed E-state index contributed by atoms with van der Waals surface area (Å²) in [6.07, 6.45) is 0.714. The first kappa shape index (κ1) is 19.0. The molecule has 5 heteroatoms. The number of rotatable bonds is 6. The molecule has 0 aliphatic rings. The molecule has 0 aliphatic carbocycles. The van der Waals surface area contributed by atoms with Crippen molar-refractivity contribution in [2.45, 2.75) is 24.3 Å². The van der Waals surface area contributed by atoms with E-state index in [9.17, 15) is 0 Å². The average molecular weight is 397 g/mol. The molecule has 0 radical (unpaired) electrons. The fourth-order valence-corrected chi connectivity index (χ4v) is 4.03. The number of aromatic nitrogens is 3. The Morgan fingerprint density at radius 1 is 0.897 bits per heavy atom. The summed E-state index contributed by atoms with van der Waals surface area (Å²) < 4.78 is 2.13. The van der Waals surface area contributed by atoms with Gasteiger partial charge in [-0.05, 0) is 42.3 Å². The van der Waals surface area contributed by atoms with Gasteiger partial charge in [0.25, 0.3) is 0 Å². The van der Waals surface area contributed by atoms with Gasteiger partial charge in [0.1, 0.15) is 5.82 Å². The Labute approximate surface area is 174 Å². The minimum atomic E-state index is 0.674. The lowest BCUT2D eigenvalue weighted by Crippen LogP contribution is -2.04. The van der Waals surface area contributed by atoms with Crippen LogP contribution in [0.2, 0.25) is 0 Å². The van der Waals surface area contributed by atoms with Crippen molar-refractivity contribution in [1.82, 2.24) is 14.8 Å². The van der Waals surface area contributed by atoms with Gasteiger partial charge in [-0.2, -0.15) is 5.26 Å². The highest BCUT2D eigenvalue weighted by atomic mass is 32.2. The smallest absolute Gasteiger partial charge is 0.196 e. The van der Waals surface area contributed by atoms with Crippen molar-refractivity contribution in [3.8, 4) is 11.8 Å². The van der Waals surface area contributed by atoms with Gasteiger partial charge in [-0.3, -0.25) is 4.57 Å².